The number of aromatic nitrogens is 2. The molecule has 1 aromatic carbocycles. The minimum atomic E-state index is -0.620. The first-order chi connectivity index (χ1) is 14.6. The van der Waals surface area contributed by atoms with Crippen LogP contribution in [0.4, 0.5) is 0 Å². The molecule has 0 spiro atoms. The Kier molecular flexibility index (Phi) is 6.79. The molecule has 1 aliphatic carbocycles. The van der Waals surface area contributed by atoms with Gasteiger partial charge in [0.1, 0.15) is 6.04 Å². The zero-order valence-electron chi connectivity index (χ0n) is 17.6. The lowest BCUT2D eigenvalue weighted by molar-refractivity contribution is -0.125. The highest BCUT2D eigenvalue weighted by Crippen LogP contribution is 2.28. The van der Waals surface area contributed by atoms with E-state index in [9.17, 15) is 9.90 Å². The zero-order chi connectivity index (χ0) is 20.9. The first-order valence-electron chi connectivity index (χ1n) is 11.2. The van der Waals surface area contributed by atoms with Gasteiger partial charge in [-0.1, -0.05) is 61.5 Å². The lowest BCUT2D eigenvalue weighted by Crippen LogP contribution is -2.46. The van der Waals surface area contributed by atoms with Gasteiger partial charge < -0.3 is 20.3 Å². The van der Waals surface area contributed by atoms with Gasteiger partial charge in [-0.3, -0.25) is 4.79 Å². The largest absolute Gasteiger partial charge is 0.391 e. The summed E-state index contributed by atoms with van der Waals surface area (Å²) in [4.78, 5) is 16.9. The minimum Gasteiger partial charge on any atom is -0.391 e. The van der Waals surface area contributed by atoms with E-state index in [0.717, 1.165) is 29.9 Å². The topological polar surface area (TPSA) is 100 Å². The third-order valence-electron chi connectivity index (χ3n) is 6.46. The average molecular weight is 413 g/mol. The van der Waals surface area contributed by atoms with Crippen LogP contribution in [-0.4, -0.2) is 39.8 Å². The number of nitrogens with one attached hydrogen (secondary N) is 2. The van der Waals surface area contributed by atoms with Crippen LogP contribution < -0.4 is 10.6 Å². The van der Waals surface area contributed by atoms with Crippen molar-refractivity contribution in [2.75, 3.05) is 6.54 Å². The first-order valence-corrected chi connectivity index (χ1v) is 11.2. The predicted molar refractivity (Wildman–Crippen MR) is 114 cm³/mol. The molecule has 2 heterocycles. The molecule has 7 heteroatoms. The number of carbonyl (C=O) groups excluding carboxylic acids is 1. The maximum atomic E-state index is 12.3. The molecule has 4 rings (SSSR count). The van der Waals surface area contributed by atoms with Gasteiger partial charge in [-0.05, 0) is 37.8 Å². The Morgan fingerprint density at radius 3 is 2.70 bits per heavy atom. The van der Waals surface area contributed by atoms with Crippen molar-refractivity contribution >= 4 is 5.91 Å². The summed E-state index contributed by atoms with van der Waals surface area (Å²) in [6, 6.07) is 7.16. The van der Waals surface area contributed by atoms with Gasteiger partial charge in [0.2, 0.25) is 17.6 Å². The van der Waals surface area contributed by atoms with Crippen molar-refractivity contribution in [3.05, 3.63) is 35.7 Å². The number of aliphatic hydroxyl groups excluding tert-OH is 1. The third kappa shape index (κ3) is 5.08. The average Bonchev–Trinajstić information content (AvgIpc) is 3.42. The molecular weight excluding hydrogens is 380 g/mol. The Bertz CT molecular complexity index is 829. The molecule has 1 saturated heterocycles. The van der Waals surface area contributed by atoms with Crippen molar-refractivity contribution in [1.82, 2.24) is 20.8 Å². The smallest absolute Gasteiger partial charge is 0.240 e. The van der Waals surface area contributed by atoms with Gasteiger partial charge in [0.05, 0.1) is 12.1 Å². The molecule has 1 aromatic heterocycles. The summed E-state index contributed by atoms with van der Waals surface area (Å²) in [5, 5.41) is 20.0. The Morgan fingerprint density at radius 2 is 2.00 bits per heavy atom. The van der Waals surface area contributed by atoms with E-state index in [1.54, 1.807) is 0 Å². The fourth-order valence-corrected chi connectivity index (χ4v) is 4.54. The van der Waals surface area contributed by atoms with Gasteiger partial charge >= 0.3 is 0 Å². The fraction of sp³-hybridized carbons (Fsp3) is 0.609. The van der Waals surface area contributed by atoms with Crippen molar-refractivity contribution in [2.45, 2.75) is 76.5 Å². The third-order valence-corrected chi connectivity index (χ3v) is 6.46. The minimum absolute atomic E-state index is 0.155. The van der Waals surface area contributed by atoms with Crippen molar-refractivity contribution in [3.63, 3.8) is 0 Å². The van der Waals surface area contributed by atoms with Gasteiger partial charge in [0.15, 0.2) is 0 Å². The lowest BCUT2D eigenvalue weighted by atomic mass is 9.86. The van der Waals surface area contributed by atoms with Crippen LogP contribution in [0.5, 0.6) is 0 Å². The highest BCUT2D eigenvalue weighted by atomic mass is 16.5. The van der Waals surface area contributed by atoms with Gasteiger partial charge in [-0.25, -0.2) is 0 Å². The Hall–Kier alpha value is -2.25. The number of amides is 1. The molecule has 30 heavy (non-hydrogen) atoms. The molecule has 1 saturated carbocycles. The van der Waals surface area contributed by atoms with Gasteiger partial charge in [0, 0.05) is 12.0 Å². The molecule has 2 aromatic rings. The summed E-state index contributed by atoms with van der Waals surface area (Å²) in [6.45, 7) is 2.60. The van der Waals surface area contributed by atoms with Crippen molar-refractivity contribution in [2.24, 2.45) is 5.92 Å². The van der Waals surface area contributed by atoms with Gasteiger partial charge in [-0.15, -0.1) is 0 Å². The van der Waals surface area contributed by atoms with Crippen LogP contribution in [0.25, 0.3) is 11.4 Å². The predicted octanol–water partition coefficient (Wildman–Crippen LogP) is 3.15. The van der Waals surface area contributed by atoms with E-state index < -0.39 is 12.1 Å². The molecule has 1 aliphatic heterocycles. The van der Waals surface area contributed by atoms with Crippen molar-refractivity contribution in [3.8, 4) is 11.4 Å². The normalized spacial score (nSPS) is 23.4. The van der Waals surface area contributed by atoms with Gasteiger partial charge in [-0.2, -0.15) is 4.98 Å². The van der Waals surface area contributed by atoms with Crippen LogP contribution in [-0.2, 0) is 11.2 Å². The summed E-state index contributed by atoms with van der Waals surface area (Å²) in [7, 11) is 0. The SMILES string of the molecule is C[C@H](NC(=O)C1NCCC1O)c1ccc(-c2noc(CCC3CCCCC3)n2)cc1. The van der Waals surface area contributed by atoms with E-state index in [0.29, 0.717) is 24.7 Å². The molecule has 7 nitrogen and oxygen atoms in total. The first kappa shape index (κ1) is 21.0. The molecule has 3 atom stereocenters. The molecule has 162 valence electrons. The molecule has 1 amide bonds. The van der Waals surface area contributed by atoms with Gasteiger partial charge in [0.25, 0.3) is 0 Å². The number of rotatable bonds is 7. The van der Waals surface area contributed by atoms with Crippen molar-refractivity contribution < 1.29 is 14.4 Å². The van der Waals surface area contributed by atoms with Crippen LogP contribution in [0.15, 0.2) is 28.8 Å². The van der Waals surface area contributed by atoms with Crippen LogP contribution in [0.1, 0.15) is 69.4 Å². The molecule has 0 radical (unpaired) electrons. The van der Waals surface area contributed by atoms with E-state index in [4.69, 9.17) is 4.52 Å². The number of hydrogen-bond donors (Lipinski definition) is 3. The summed E-state index contributed by atoms with van der Waals surface area (Å²) in [6.07, 6.45) is 8.69. The summed E-state index contributed by atoms with van der Waals surface area (Å²) >= 11 is 0. The number of nitrogens with zero attached hydrogens (tertiary/aromatic N) is 2. The van der Waals surface area contributed by atoms with Crippen LogP contribution in [0.2, 0.25) is 0 Å². The zero-order valence-corrected chi connectivity index (χ0v) is 17.6. The number of carbonyl (C=O) groups is 1. The Balaban J connectivity index is 1.31. The Morgan fingerprint density at radius 1 is 1.23 bits per heavy atom. The van der Waals surface area contributed by atoms with E-state index in [1.165, 1.54) is 32.1 Å². The number of benzene rings is 1. The van der Waals surface area contributed by atoms with Crippen LogP contribution in [0, 0.1) is 5.92 Å². The molecule has 2 fully saturated rings. The second-order valence-electron chi connectivity index (χ2n) is 8.69. The monoisotopic (exact) mass is 412 g/mol. The Labute approximate surface area is 177 Å². The standard InChI is InChI=1S/C23H32N4O3/c1-15(25-23(29)21-19(28)13-14-24-21)17-8-10-18(11-9-17)22-26-20(30-27-22)12-7-16-5-3-2-4-6-16/h8-11,15-16,19,21,24,28H,2-7,12-14H2,1H3,(H,25,29)/t15-,19?,21?/m0/s1. The number of aryl methyl sites for hydroxylation is 1. The molecule has 2 unspecified atom stereocenters. The second-order valence-corrected chi connectivity index (χ2v) is 8.69. The molecule has 3 N–H and O–H groups in total. The van der Waals surface area contributed by atoms with E-state index in [2.05, 4.69) is 20.8 Å². The maximum Gasteiger partial charge on any atom is 0.240 e. The summed E-state index contributed by atoms with van der Waals surface area (Å²) < 4.78 is 5.46. The molecule has 2 aliphatic rings. The summed E-state index contributed by atoms with van der Waals surface area (Å²) in [5.74, 6) is 1.95. The quantitative estimate of drug-likeness (QED) is 0.646. The van der Waals surface area contributed by atoms with E-state index >= 15 is 0 Å². The fourth-order valence-electron chi connectivity index (χ4n) is 4.54. The number of hydrogen-bond acceptors (Lipinski definition) is 6. The highest BCUT2D eigenvalue weighted by molar-refractivity contribution is 5.83. The van der Waals surface area contributed by atoms with E-state index in [-0.39, 0.29) is 11.9 Å². The van der Waals surface area contributed by atoms with Crippen LogP contribution >= 0.6 is 0 Å². The number of aliphatic hydroxyl groups is 1. The van der Waals surface area contributed by atoms with E-state index in [1.807, 2.05) is 31.2 Å². The van der Waals surface area contributed by atoms with Crippen molar-refractivity contribution in [1.29, 1.82) is 0 Å². The lowest BCUT2D eigenvalue weighted by Gasteiger charge is -2.20. The van der Waals surface area contributed by atoms with Crippen LogP contribution in [0.3, 0.4) is 0 Å². The molecule has 0 bridgehead atoms. The molecular formula is C23H32N4O3. The second kappa shape index (κ2) is 9.71. The summed E-state index contributed by atoms with van der Waals surface area (Å²) in [5.41, 5.74) is 1.89. The maximum absolute atomic E-state index is 12.3. The highest BCUT2D eigenvalue weighted by Gasteiger charge is 2.31.